The molecular weight excluding hydrogens is 459 g/mol. The Kier molecular flexibility index (Phi) is 6.87. The van der Waals surface area contributed by atoms with E-state index in [9.17, 15) is 14.0 Å². The Morgan fingerprint density at radius 2 is 1.85 bits per heavy atom. The lowest BCUT2D eigenvalue weighted by Crippen LogP contribution is -2.22. The van der Waals surface area contributed by atoms with Crippen molar-refractivity contribution >= 4 is 33.3 Å². The molecule has 0 unspecified atom stereocenters. The van der Waals surface area contributed by atoms with Crippen LogP contribution in [0, 0.1) is 12.7 Å². The molecule has 1 N–H and O–H groups in total. The second-order valence-electron chi connectivity index (χ2n) is 7.55. The highest BCUT2D eigenvalue weighted by atomic mass is 32.1. The van der Waals surface area contributed by atoms with Crippen LogP contribution in [-0.4, -0.2) is 34.7 Å². The van der Waals surface area contributed by atoms with Gasteiger partial charge in [0.05, 0.1) is 37.1 Å². The van der Waals surface area contributed by atoms with E-state index in [2.05, 4.69) is 15.3 Å². The van der Waals surface area contributed by atoms with Crippen LogP contribution < -0.4 is 20.3 Å². The molecule has 0 aliphatic heterocycles. The van der Waals surface area contributed by atoms with Crippen LogP contribution in [0.25, 0.3) is 22.2 Å². The van der Waals surface area contributed by atoms with Gasteiger partial charge < -0.3 is 14.8 Å². The van der Waals surface area contributed by atoms with Crippen LogP contribution >= 0.6 is 11.3 Å². The van der Waals surface area contributed by atoms with E-state index >= 15 is 0 Å². The van der Waals surface area contributed by atoms with Gasteiger partial charge in [0.15, 0.2) is 16.6 Å². The highest BCUT2D eigenvalue weighted by Crippen LogP contribution is 2.31. The van der Waals surface area contributed by atoms with Gasteiger partial charge in [-0.1, -0.05) is 0 Å². The molecule has 0 fully saturated rings. The number of nitrogens with zero attached hydrogens (tertiary/aromatic N) is 3. The van der Waals surface area contributed by atoms with Crippen LogP contribution in [-0.2, 0) is 11.3 Å². The van der Waals surface area contributed by atoms with E-state index in [1.165, 1.54) is 48.6 Å². The first-order chi connectivity index (χ1) is 16.4. The third kappa shape index (κ3) is 4.91. The average molecular weight is 483 g/mol. The zero-order valence-corrected chi connectivity index (χ0v) is 19.7. The van der Waals surface area contributed by atoms with Crippen LogP contribution in [0.1, 0.15) is 17.7 Å². The van der Waals surface area contributed by atoms with Crippen molar-refractivity contribution in [3.8, 4) is 22.8 Å². The Balaban J connectivity index is 1.39. The number of benzene rings is 2. The first-order valence-electron chi connectivity index (χ1n) is 10.5. The van der Waals surface area contributed by atoms with Crippen molar-refractivity contribution < 1.29 is 18.7 Å². The number of thiazole rings is 1. The van der Waals surface area contributed by atoms with E-state index in [0.29, 0.717) is 46.2 Å². The topological polar surface area (TPSA) is 95.3 Å². The van der Waals surface area contributed by atoms with Crippen molar-refractivity contribution in [1.82, 2.24) is 14.5 Å². The van der Waals surface area contributed by atoms with Gasteiger partial charge in [0.2, 0.25) is 5.91 Å². The number of hydrogen-bond acceptors (Lipinski definition) is 7. The smallest absolute Gasteiger partial charge is 0.261 e. The van der Waals surface area contributed by atoms with Gasteiger partial charge in [-0.15, -0.1) is 11.3 Å². The zero-order valence-electron chi connectivity index (χ0n) is 18.9. The highest BCUT2D eigenvalue weighted by Gasteiger charge is 2.14. The molecule has 0 saturated carbocycles. The molecule has 2 aromatic heterocycles. The number of fused-ring (bicyclic) bond motifs is 1. The quantitative estimate of drug-likeness (QED) is 0.400. The standard InChI is InChI=1S/C24H23FN4O4S/c1-14-22(15-6-8-16(25)9-7-15)28-24(34-14)27-21(30)5-4-10-29-13-26-18-12-20(33-3)19(32-2)11-17(18)23(29)31/h6-9,11-13H,4-5,10H2,1-3H3,(H,27,28,30). The normalized spacial score (nSPS) is 10.9. The average Bonchev–Trinajstić information content (AvgIpc) is 3.19. The summed E-state index contributed by atoms with van der Waals surface area (Å²) in [6, 6.07) is 9.33. The first-order valence-corrected chi connectivity index (χ1v) is 11.4. The number of carbonyl (C=O) groups excluding carboxylic acids is 1. The van der Waals surface area contributed by atoms with Crippen molar-refractivity contribution in [2.75, 3.05) is 19.5 Å². The largest absolute Gasteiger partial charge is 0.493 e. The number of rotatable bonds is 8. The van der Waals surface area contributed by atoms with Crippen molar-refractivity contribution in [3.63, 3.8) is 0 Å². The van der Waals surface area contributed by atoms with E-state index < -0.39 is 0 Å². The molecule has 4 aromatic rings. The van der Waals surface area contributed by atoms with Gasteiger partial charge >= 0.3 is 0 Å². The minimum Gasteiger partial charge on any atom is -0.493 e. The third-order valence-electron chi connectivity index (χ3n) is 5.29. The van der Waals surface area contributed by atoms with Crippen LogP contribution in [0.3, 0.4) is 0 Å². The number of anilines is 1. The fraction of sp³-hybridized carbons (Fsp3) is 0.250. The molecule has 176 valence electrons. The first kappa shape index (κ1) is 23.4. The predicted octanol–water partition coefficient (Wildman–Crippen LogP) is 4.40. The Labute approximate surface area is 199 Å². The lowest BCUT2D eigenvalue weighted by atomic mass is 10.1. The lowest BCUT2D eigenvalue weighted by Gasteiger charge is -2.10. The fourth-order valence-electron chi connectivity index (χ4n) is 3.56. The SMILES string of the molecule is COc1cc2ncn(CCCC(=O)Nc3nc(-c4ccc(F)cc4)c(C)s3)c(=O)c2cc1OC. The Morgan fingerprint density at radius 1 is 1.15 bits per heavy atom. The van der Waals surface area contributed by atoms with Gasteiger partial charge in [-0.2, -0.15) is 0 Å². The number of amides is 1. The molecule has 4 rings (SSSR count). The molecule has 2 heterocycles. The summed E-state index contributed by atoms with van der Waals surface area (Å²) < 4.78 is 25.2. The van der Waals surface area contributed by atoms with Crippen molar-refractivity contribution in [2.45, 2.75) is 26.3 Å². The molecule has 0 saturated heterocycles. The molecule has 0 spiro atoms. The number of nitrogens with one attached hydrogen (secondary N) is 1. The second-order valence-corrected chi connectivity index (χ2v) is 8.75. The van der Waals surface area contributed by atoms with Crippen molar-refractivity contribution in [2.24, 2.45) is 0 Å². The van der Waals surface area contributed by atoms with Gasteiger partial charge in [-0.25, -0.2) is 14.4 Å². The Hall–Kier alpha value is -3.79. The maximum Gasteiger partial charge on any atom is 0.261 e. The maximum atomic E-state index is 13.2. The van der Waals surface area contributed by atoms with Gasteiger partial charge in [-0.05, 0) is 43.7 Å². The monoisotopic (exact) mass is 482 g/mol. The number of aryl methyl sites for hydroxylation is 2. The van der Waals surface area contributed by atoms with Crippen LogP contribution in [0.15, 0.2) is 47.5 Å². The summed E-state index contributed by atoms with van der Waals surface area (Å²) in [5, 5.41) is 3.70. The van der Waals surface area contributed by atoms with Crippen LogP contribution in [0.5, 0.6) is 11.5 Å². The molecule has 10 heteroatoms. The summed E-state index contributed by atoms with van der Waals surface area (Å²) in [6.07, 6.45) is 2.12. The second kappa shape index (κ2) is 10.0. The number of ether oxygens (including phenoxy) is 2. The zero-order chi connectivity index (χ0) is 24.2. The fourth-order valence-corrected chi connectivity index (χ4v) is 4.41. The third-order valence-corrected chi connectivity index (χ3v) is 6.18. The molecule has 1 amide bonds. The number of halogens is 1. The number of methoxy groups -OCH3 is 2. The lowest BCUT2D eigenvalue weighted by molar-refractivity contribution is -0.116. The predicted molar refractivity (Wildman–Crippen MR) is 129 cm³/mol. The highest BCUT2D eigenvalue weighted by molar-refractivity contribution is 7.16. The summed E-state index contributed by atoms with van der Waals surface area (Å²) in [7, 11) is 3.02. The summed E-state index contributed by atoms with van der Waals surface area (Å²) >= 11 is 1.36. The minimum atomic E-state index is -0.315. The van der Waals surface area contributed by atoms with Crippen LogP contribution in [0.2, 0.25) is 0 Å². The molecule has 0 bridgehead atoms. The molecular formula is C24H23FN4O4S. The Bertz CT molecular complexity index is 1400. The number of hydrogen-bond donors (Lipinski definition) is 1. The van der Waals surface area contributed by atoms with Gasteiger partial charge in [0, 0.05) is 29.5 Å². The summed E-state index contributed by atoms with van der Waals surface area (Å²) in [5.41, 5.74) is 1.79. The molecule has 8 nitrogen and oxygen atoms in total. The summed E-state index contributed by atoms with van der Waals surface area (Å²) in [6.45, 7) is 2.23. The van der Waals surface area contributed by atoms with Crippen LogP contribution in [0.4, 0.5) is 9.52 Å². The van der Waals surface area contributed by atoms with Gasteiger partial charge in [-0.3, -0.25) is 14.2 Å². The molecule has 0 aliphatic carbocycles. The molecule has 0 aliphatic rings. The van der Waals surface area contributed by atoms with E-state index in [1.807, 2.05) is 6.92 Å². The molecule has 2 aromatic carbocycles. The summed E-state index contributed by atoms with van der Waals surface area (Å²) in [4.78, 5) is 35.0. The maximum absolute atomic E-state index is 13.2. The van der Waals surface area contributed by atoms with E-state index in [1.54, 1.807) is 24.3 Å². The van der Waals surface area contributed by atoms with E-state index in [4.69, 9.17) is 9.47 Å². The van der Waals surface area contributed by atoms with Gasteiger partial charge in [0.1, 0.15) is 5.82 Å². The van der Waals surface area contributed by atoms with Crippen molar-refractivity contribution in [3.05, 3.63) is 63.8 Å². The van der Waals surface area contributed by atoms with E-state index in [-0.39, 0.29) is 23.7 Å². The molecule has 0 atom stereocenters. The van der Waals surface area contributed by atoms with E-state index in [0.717, 1.165) is 10.4 Å². The van der Waals surface area contributed by atoms with Gasteiger partial charge in [0.25, 0.3) is 5.56 Å². The Morgan fingerprint density at radius 3 is 2.56 bits per heavy atom. The number of aromatic nitrogens is 3. The van der Waals surface area contributed by atoms with Crippen molar-refractivity contribution in [1.29, 1.82) is 0 Å². The minimum absolute atomic E-state index is 0.201. The molecule has 0 radical (unpaired) electrons. The molecule has 34 heavy (non-hydrogen) atoms. The number of carbonyl (C=O) groups is 1. The summed E-state index contributed by atoms with van der Waals surface area (Å²) in [5.74, 6) is 0.429.